The fraction of sp³-hybridized carbons (Fsp3) is 0.0769. The molecule has 2 rings (SSSR count). The van der Waals surface area contributed by atoms with Crippen LogP contribution in [0.5, 0.6) is 5.75 Å². The summed E-state index contributed by atoms with van der Waals surface area (Å²) < 4.78 is 5.04. The molecule has 1 aromatic heterocycles. The Morgan fingerprint density at radius 3 is 2.44 bits per heavy atom. The summed E-state index contributed by atoms with van der Waals surface area (Å²) >= 11 is 0. The highest BCUT2D eigenvalue weighted by atomic mass is 16.5. The fourth-order valence-corrected chi connectivity index (χ4v) is 1.65. The third kappa shape index (κ3) is 2.10. The number of carbonyl (C=O) groups excluding carboxylic acids is 1. The summed E-state index contributed by atoms with van der Waals surface area (Å²) in [4.78, 5) is 25.8. The van der Waals surface area contributed by atoms with Gasteiger partial charge in [0.1, 0.15) is 11.3 Å². The van der Waals surface area contributed by atoms with E-state index in [9.17, 15) is 9.59 Å². The molecule has 0 spiro atoms. The molecule has 0 unspecified atom stereocenters. The molecule has 1 aromatic carbocycles. The Kier molecular flexibility index (Phi) is 3.14. The molecule has 5 nitrogen and oxygen atoms in total. The van der Waals surface area contributed by atoms with Crippen molar-refractivity contribution in [1.29, 1.82) is 0 Å². The fourth-order valence-electron chi connectivity index (χ4n) is 1.65. The lowest BCUT2D eigenvalue weighted by atomic mass is 10.1. The van der Waals surface area contributed by atoms with Gasteiger partial charge in [0.05, 0.1) is 7.11 Å². The third-order valence-electron chi connectivity index (χ3n) is 2.61. The SMILES string of the molecule is COc1ccc(-c2c[nH]cc(C(N)=O)c2=O)cc1. The van der Waals surface area contributed by atoms with Gasteiger partial charge in [0, 0.05) is 18.0 Å². The van der Waals surface area contributed by atoms with Gasteiger partial charge in [-0.3, -0.25) is 9.59 Å². The van der Waals surface area contributed by atoms with Gasteiger partial charge in [-0.2, -0.15) is 0 Å². The number of carbonyl (C=O) groups is 1. The molecule has 0 radical (unpaired) electrons. The van der Waals surface area contributed by atoms with Crippen molar-refractivity contribution < 1.29 is 9.53 Å². The number of nitrogens with two attached hydrogens (primary N) is 1. The molecule has 0 bridgehead atoms. The van der Waals surface area contributed by atoms with Gasteiger partial charge in [0.2, 0.25) is 5.43 Å². The minimum absolute atomic E-state index is 0.0525. The summed E-state index contributed by atoms with van der Waals surface area (Å²) in [5.74, 6) is -0.0483. The Morgan fingerprint density at radius 2 is 1.89 bits per heavy atom. The molecule has 1 amide bonds. The Labute approximate surface area is 103 Å². The van der Waals surface area contributed by atoms with E-state index in [2.05, 4.69) is 4.98 Å². The van der Waals surface area contributed by atoms with Crippen LogP contribution in [0, 0.1) is 0 Å². The summed E-state index contributed by atoms with van der Waals surface area (Å²) in [6, 6.07) is 6.97. The number of primary amides is 1. The Morgan fingerprint density at radius 1 is 1.22 bits per heavy atom. The van der Waals surface area contributed by atoms with Crippen LogP contribution < -0.4 is 15.9 Å². The number of hydrogen-bond acceptors (Lipinski definition) is 3. The second-order valence-corrected chi connectivity index (χ2v) is 3.70. The maximum atomic E-state index is 12.0. The van der Waals surface area contributed by atoms with E-state index in [4.69, 9.17) is 10.5 Å². The number of aromatic nitrogens is 1. The van der Waals surface area contributed by atoms with E-state index >= 15 is 0 Å². The molecule has 1 heterocycles. The van der Waals surface area contributed by atoms with Crippen LogP contribution in [0.2, 0.25) is 0 Å². The van der Waals surface area contributed by atoms with Crippen LogP contribution in [0.3, 0.4) is 0 Å². The average Bonchev–Trinajstić information content (AvgIpc) is 2.39. The van der Waals surface area contributed by atoms with Gasteiger partial charge in [-0.1, -0.05) is 12.1 Å². The van der Waals surface area contributed by atoms with Crippen molar-refractivity contribution in [2.45, 2.75) is 0 Å². The molecular weight excluding hydrogens is 232 g/mol. The highest BCUT2D eigenvalue weighted by Gasteiger charge is 2.11. The number of benzene rings is 1. The van der Waals surface area contributed by atoms with Crippen molar-refractivity contribution >= 4 is 5.91 Å². The molecule has 0 aliphatic rings. The van der Waals surface area contributed by atoms with Crippen LogP contribution in [0.15, 0.2) is 41.5 Å². The number of pyridine rings is 1. The number of rotatable bonds is 3. The lowest BCUT2D eigenvalue weighted by Gasteiger charge is -2.04. The van der Waals surface area contributed by atoms with Crippen LogP contribution in [-0.2, 0) is 0 Å². The molecule has 18 heavy (non-hydrogen) atoms. The zero-order chi connectivity index (χ0) is 13.1. The first kappa shape index (κ1) is 11.9. The zero-order valence-corrected chi connectivity index (χ0v) is 9.77. The lowest BCUT2D eigenvalue weighted by molar-refractivity contribution is 0.0999. The van der Waals surface area contributed by atoms with Gasteiger partial charge in [-0.15, -0.1) is 0 Å². The van der Waals surface area contributed by atoms with Crippen LogP contribution in [-0.4, -0.2) is 18.0 Å². The largest absolute Gasteiger partial charge is 0.497 e. The first-order valence-electron chi connectivity index (χ1n) is 5.29. The average molecular weight is 244 g/mol. The van der Waals surface area contributed by atoms with Crippen molar-refractivity contribution in [2.24, 2.45) is 5.73 Å². The van der Waals surface area contributed by atoms with E-state index in [1.807, 2.05) is 0 Å². The summed E-state index contributed by atoms with van der Waals surface area (Å²) in [5, 5.41) is 0. The Hall–Kier alpha value is -2.56. The number of aromatic amines is 1. The molecule has 2 aromatic rings. The lowest BCUT2D eigenvalue weighted by Crippen LogP contribution is -2.22. The highest BCUT2D eigenvalue weighted by molar-refractivity contribution is 5.93. The van der Waals surface area contributed by atoms with Gasteiger partial charge < -0.3 is 15.5 Å². The van der Waals surface area contributed by atoms with Crippen molar-refractivity contribution in [2.75, 3.05) is 7.11 Å². The highest BCUT2D eigenvalue weighted by Crippen LogP contribution is 2.19. The molecule has 3 N–H and O–H groups in total. The molecule has 0 atom stereocenters. The number of nitrogens with one attached hydrogen (secondary N) is 1. The summed E-state index contributed by atoms with van der Waals surface area (Å²) in [7, 11) is 1.57. The number of methoxy groups -OCH3 is 1. The van der Waals surface area contributed by atoms with Gasteiger partial charge in [-0.25, -0.2) is 0 Å². The van der Waals surface area contributed by atoms with Gasteiger partial charge in [0.25, 0.3) is 5.91 Å². The maximum absolute atomic E-state index is 12.0. The monoisotopic (exact) mass is 244 g/mol. The normalized spacial score (nSPS) is 10.1. The topological polar surface area (TPSA) is 85.2 Å². The summed E-state index contributed by atoms with van der Waals surface area (Å²) in [5.41, 5.74) is 5.78. The van der Waals surface area contributed by atoms with Crippen LogP contribution in [0.4, 0.5) is 0 Å². The second-order valence-electron chi connectivity index (χ2n) is 3.70. The van der Waals surface area contributed by atoms with Crippen LogP contribution >= 0.6 is 0 Å². The van der Waals surface area contributed by atoms with E-state index in [1.54, 1.807) is 31.4 Å². The minimum atomic E-state index is -0.744. The smallest absolute Gasteiger partial charge is 0.254 e. The molecule has 0 saturated heterocycles. The van der Waals surface area contributed by atoms with Gasteiger partial charge in [-0.05, 0) is 17.7 Å². The second kappa shape index (κ2) is 4.75. The van der Waals surface area contributed by atoms with Gasteiger partial charge >= 0.3 is 0 Å². The molecule has 5 heteroatoms. The van der Waals surface area contributed by atoms with Crippen molar-refractivity contribution in [3.63, 3.8) is 0 Å². The predicted molar refractivity (Wildman–Crippen MR) is 67.6 cm³/mol. The summed E-state index contributed by atoms with van der Waals surface area (Å²) in [6.45, 7) is 0. The minimum Gasteiger partial charge on any atom is -0.497 e. The zero-order valence-electron chi connectivity index (χ0n) is 9.77. The molecule has 0 aliphatic carbocycles. The number of H-pyrrole nitrogens is 1. The van der Waals surface area contributed by atoms with E-state index in [1.165, 1.54) is 12.4 Å². The summed E-state index contributed by atoms with van der Waals surface area (Å²) in [6.07, 6.45) is 2.84. The van der Waals surface area contributed by atoms with E-state index in [0.717, 1.165) is 0 Å². The Bertz CT molecular complexity index is 629. The first-order chi connectivity index (χ1) is 8.63. The number of hydrogen-bond donors (Lipinski definition) is 2. The van der Waals surface area contributed by atoms with Crippen molar-refractivity contribution in [3.05, 3.63) is 52.4 Å². The quantitative estimate of drug-likeness (QED) is 0.849. The maximum Gasteiger partial charge on any atom is 0.254 e. The third-order valence-corrected chi connectivity index (χ3v) is 2.61. The van der Waals surface area contributed by atoms with Crippen molar-refractivity contribution in [3.8, 4) is 16.9 Å². The molecule has 92 valence electrons. The molecule has 0 saturated carbocycles. The van der Waals surface area contributed by atoms with Crippen molar-refractivity contribution in [1.82, 2.24) is 4.98 Å². The van der Waals surface area contributed by atoms with E-state index in [0.29, 0.717) is 16.9 Å². The first-order valence-corrected chi connectivity index (χ1v) is 5.29. The predicted octanol–water partition coefficient (Wildman–Crippen LogP) is 1.15. The van der Waals surface area contributed by atoms with Crippen LogP contribution in [0.25, 0.3) is 11.1 Å². The standard InChI is InChI=1S/C13H12N2O3/c1-18-9-4-2-8(3-5-9)10-6-15-7-11(12(10)16)13(14)17/h2-7H,1H3,(H2,14,17)(H,15,16). The number of ether oxygens (including phenoxy) is 1. The number of amides is 1. The van der Waals surface area contributed by atoms with E-state index < -0.39 is 5.91 Å². The Balaban J connectivity index is 2.53. The van der Waals surface area contributed by atoms with E-state index in [-0.39, 0.29) is 11.0 Å². The molecular formula is C13H12N2O3. The molecule has 0 aliphatic heterocycles. The van der Waals surface area contributed by atoms with Crippen LogP contribution in [0.1, 0.15) is 10.4 Å². The van der Waals surface area contributed by atoms with Gasteiger partial charge in [0.15, 0.2) is 0 Å². The molecule has 0 fully saturated rings.